The first kappa shape index (κ1) is 16.0. The molecule has 0 unspecified atom stereocenters. The fraction of sp³-hybridized carbons (Fsp3) is 0.529. The number of esters is 1. The number of hydrogen-bond donors (Lipinski definition) is 1. The van der Waals surface area contributed by atoms with Crippen molar-refractivity contribution < 1.29 is 23.8 Å². The molecule has 0 spiro atoms. The molecule has 1 aliphatic carbocycles. The first-order chi connectivity index (χ1) is 11.2. The molecule has 1 saturated heterocycles. The van der Waals surface area contributed by atoms with Crippen molar-refractivity contribution in [2.45, 2.75) is 37.5 Å². The average Bonchev–Trinajstić information content (AvgIpc) is 2.61. The number of hydrogen-bond acceptors (Lipinski definition) is 5. The minimum Gasteiger partial charge on any atom is -0.465 e. The Kier molecular flexibility index (Phi) is 4.93. The maximum Gasteiger partial charge on any atom is 0.337 e. The van der Waals surface area contributed by atoms with Gasteiger partial charge in [0, 0.05) is 11.6 Å². The molecule has 6 heteroatoms. The highest BCUT2D eigenvalue weighted by atomic mass is 16.6. The van der Waals surface area contributed by atoms with Crippen molar-refractivity contribution in [2.75, 3.05) is 20.3 Å². The summed E-state index contributed by atoms with van der Waals surface area (Å²) in [4.78, 5) is 23.7. The van der Waals surface area contributed by atoms with Crippen LogP contribution in [0.15, 0.2) is 24.3 Å². The minimum absolute atomic E-state index is 0.0736. The summed E-state index contributed by atoms with van der Waals surface area (Å²) in [6, 6.07) is 6.54. The quantitative estimate of drug-likeness (QED) is 0.856. The molecule has 0 bridgehead atoms. The predicted molar refractivity (Wildman–Crippen MR) is 82.4 cm³/mol. The zero-order valence-electron chi connectivity index (χ0n) is 13.1. The Labute approximate surface area is 135 Å². The Morgan fingerprint density at radius 3 is 2.39 bits per heavy atom. The Hall–Kier alpha value is -1.92. The van der Waals surface area contributed by atoms with E-state index in [1.54, 1.807) is 24.3 Å². The molecule has 2 fully saturated rings. The summed E-state index contributed by atoms with van der Waals surface area (Å²) in [6.07, 6.45) is 2.80. The zero-order valence-corrected chi connectivity index (χ0v) is 13.1. The number of fused-ring (bicyclic) bond motifs is 1. The molecule has 1 N–H and O–H groups in total. The number of ether oxygens (including phenoxy) is 3. The van der Waals surface area contributed by atoms with Crippen LogP contribution in [0.5, 0.6) is 0 Å². The molecule has 3 rings (SSSR count). The average molecular weight is 319 g/mol. The summed E-state index contributed by atoms with van der Waals surface area (Å²) >= 11 is 0. The second-order valence-electron chi connectivity index (χ2n) is 5.87. The number of benzene rings is 1. The van der Waals surface area contributed by atoms with Crippen LogP contribution >= 0.6 is 0 Å². The molecule has 0 radical (unpaired) electrons. The normalized spacial score (nSPS) is 26.9. The Morgan fingerprint density at radius 2 is 1.70 bits per heavy atom. The molecule has 1 aromatic carbocycles. The highest BCUT2D eigenvalue weighted by Crippen LogP contribution is 2.27. The summed E-state index contributed by atoms with van der Waals surface area (Å²) in [7, 11) is 1.33. The van der Waals surface area contributed by atoms with Gasteiger partial charge in [-0.1, -0.05) is 0 Å². The van der Waals surface area contributed by atoms with Crippen LogP contribution in [-0.4, -0.2) is 50.4 Å². The van der Waals surface area contributed by atoms with Crippen molar-refractivity contribution in [1.82, 2.24) is 5.32 Å². The van der Waals surface area contributed by atoms with Crippen LogP contribution in [0.4, 0.5) is 0 Å². The fourth-order valence-corrected chi connectivity index (χ4v) is 3.14. The number of carbonyl (C=O) groups is 2. The van der Waals surface area contributed by atoms with E-state index in [1.807, 2.05) is 0 Å². The van der Waals surface area contributed by atoms with Crippen LogP contribution in [0.3, 0.4) is 0 Å². The summed E-state index contributed by atoms with van der Waals surface area (Å²) < 4.78 is 16.1. The zero-order chi connectivity index (χ0) is 16.2. The van der Waals surface area contributed by atoms with Gasteiger partial charge in [-0.25, -0.2) is 4.79 Å². The van der Waals surface area contributed by atoms with E-state index in [-0.39, 0.29) is 24.2 Å². The first-order valence-electron chi connectivity index (χ1n) is 7.90. The van der Waals surface area contributed by atoms with Crippen molar-refractivity contribution in [3.05, 3.63) is 35.4 Å². The van der Waals surface area contributed by atoms with Gasteiger partial charge in [0.1, 0.15) is 0 Å². The first-order valence-corrected chi connectivity index (χ1v) is 7.90. The lowest BCUT2D eigenvalue weighted by atomic mass is 9.89. The van der Waals surface area contributed by atoms with E-state index in [1.165, 1.54) is 7.11 Å². The monoisotopic (exact) mass is 319 g/mol. The topological polar surface area (TPSA) is 73.9 Å². The van der Waals surface area contributed by atoms with Crippen molar-refractivity contribution in [1.29, 1.82) is 0 Å². The Balaban J connectivity index is 1.57. The second-order valence-corrected chi connectivity index (χ2v) is 5.87. The highest BCUT2D eigenvalue weighted by molar-refractivity contribution is 5.96. The lowest BCUT2D eigenvalue weighted by Gasteiger charge is -2.39. The van der Waals surface area contributed by atoms with Crippen LogP contribution in [-0.2, 0) is 14.2 Å². The van der Waals surface area contributed by atoms with Crippen molar-refractivity contribution >= 4 is 11.9 Å². The van der Waals surface area contributed by atoms with E-state index in [0.29, 0.717) is 24.3 Å². The van der Waals surface area contributed by atoms with Gasteiger partial charge < -0.3 is 19.5 Å². The number of nitrogens with one attached hydrogen (secondary N) is 1. The fourth-order valence-electron chi connectivity index (χ4n) is 3.14. The maximum atomic E-state index is 12.3. The number of methoxy groups -OCH3 is 1. The van der Waals surface area contributed by atoms with Gasteiger partial charge in [0.15, 0.2) is 0 Å². The third kappa shape index (κ3) is 3.71. The molecule has 23 heavy (non-hydrogen) atoms. The van der Waals surface area contributed by atoms with Gasteiger partial charge in [-0.3, -0.25) is 4.79 Å². The second kappa shape index (κ2) is 7.10. The van der Waals surface area contributed by atoms with Crippen LogP contribution in [0.25, 0.3) is 0 Å². The van der Waals surface area contributed by atoms with Gasteiger partial charge in [0.25, 0.3) is 5.91 Å². The third-order valence-electron chi connectivity index (χ3n) is 4.38. The minimum atomic E-state index is -0.412. The molecule has 1 heterocycles. The number of amides is 1. The van der Waals surface area contributed by atoms with Gasteiger partial charge >= 0.3 is 5.97 Å². The summed E-state index contributed by atoms with van der Waals surface area (Å²) in [5.74, 6) is -0.550. The van der Waals surface area contributed by atoms with E-state index in [2.05, 4.69) is 10.1 Å². The molecule has 1 aromatic rings. The predicted octanol–water partition coefficient (Wildman–Crippen LogP) is 1.54. The molecule has 3 atom stereocenters. The van der Waals surface area contributed by atoms with E-state index in [9.17, 15) is 9.59 Å². The lowest BCUT2D eigenvalue weighted by molar-refractivity contribution is -0.157. The van der Waals surface area contributed by atoms with Gasteiger partial charge in [0.2, 0.25) is 0 Å². The molecule has 1 aliphatic heterocycles. The Bertz CT molecular complexity index is 571. The van der Waals surface area contributed by atoms with Crippen molar-refractivity contribution in [2.24, 2.45) is 0 Å². The van der Waals surface area contributed by atoms with Gasteiger partial charge in [-0.15, -0.1) is 0 Å². The van der Waals surface area contributed by atoms with Gasteiger partial charge in [-0.2, -0.15) is 0 Å². The number of carbonyl (C=O) groups excluding carboxylic acids is 2. The van der Waals surface area contributed by atoms with E-state index >= 15 is 0 Å². The van der Waals surface area contributed by atoms with E-state index in [4.69, 9.17) is 9.47 Å². The standard InChI is InChI=1S/C17H21NO5/c1-21-17(20)12-4-2-11(3-5-12)16(19)18-13-6-7-14-15(10-13)23-9-8-22-14/h2-5,13-15H,6-10H2,1H3,(H,18,19)/t13-,14+,15-/m1/s1. The molecule has 2 aliphatic rings. The highest BCUT2D eigenvalue weighted by Gasteiger charge is 2.34. The molecular formula is C17H21NO5. The number of rotatable bonds is 3. The summed E-state index contributed by atoms with van der Waals surface area (Å²) in [5, 5.41) is 3.04. The molecular weight excluding hydrogens is 298 g/mol. The Morgan fingerprint density at radius 1 is 1.04 bits per heavy atom. The van der Waals surface area contributed by atoms with Crippen LogP contribution in [0.2, 0.25) is 0 Å². The molecule has 6 nitrogen and oxygen atoms in total. The van der Waals surface area contributed by atoms with E-state index < -0.39 is 5.97 Å². The molecule has 1 saturated carbocycles. The van der Waals surface area contributed by atoms with Crippen LogP contribution in [0.1, 0.15) is 40.0 Å². The van der Waals surface area contributed by atoms with Crippen molar-refractivity contribution in [3.63, 3.8) is 0 Å². The lowest BCUT2D eigenvalue weighted by Crippen LogP contribution is -2.49. The van der Waals surface area contributed by atoms with E-state index in [0.717, 1.165) is 19.3 Å². The summed E-state index contributed by atoms with van der Waals surface area (Å²) in [6.45, 7) is 1.28. The van der Waals surface area contributed by atoms with Crippen LogP contribution < -0.4 is 5.32 Å². The molecule has 0 aromatic heterocycles. The van der Waals surface area contributed by atoms with Gasteiger partial charge in [-0.05, 0) is 43.5 Å². The largest absolute Gasteiger partial charge is 0.465 e. The molecule has 124 valence electrons. The van der Waals surface area contributed by atoms with Crippen molar-refractivity contribution in [3.8, 4) is 0 Å². The SMILES string of the molecule is COC(=O)c1ccc(C(=O)N[C@@H]2CC[C@@H]3OCCO[C@@H]3C2)cc1. The maximum absolute atomic E-state index is 12.3. The van der Waals surface area contributed by atoms with Gasteiger partial charge in [0.05, 0.1) is 38.1 Å². The third-order valence-corrected chi connectivity index (χ3v) is 4.38. The smallest absolute Gasteiger partial charge is 0.337 e. The summed E-state index contributed by atoms with van der Waals surface area (Å²) in [5.41, 5.74) is 0.956. The van der Waals surface area contributed by atoms with Crippen LogP contribution in [0, 0.1) is 0 Å². The molecule has 1 amide bonds.